The molecule has 6 nitrogen and oxygen atoms in total. The van der Waals surface area contributed by atoms with E-state index < -0.39 is 5.54 Å². The average Bonchev–Trinajstić information content (AvgIpc) is 2.30. The van der Waals surface area contributed by atoms with Gasteiger partial charge in [0, 0.05) is 13.2 Å². The van der Waals surface area contributed by atoms with Gasteiger partial charge in [0.2, 0.25) is 11.8 Å². The monoisotopic (exact) mass is 253 g/mol. The molecule has 0 aliphatic carbocycles. The van der Waals surface area contributed by atoms with Crippen molar-refractivity contribution in [1.82, 2.24) is 4.98 Å². The van der Waals surface area contributed by atoms with Crippen LogP contribution in [0.5, 0.6) is 5.88 Å². The van der Waals surface area contributed by atoms with Gasteiger partial charge in [-0.15, -0.1) is 0 Å². The molecule has 0 saturated heterocycles. The van der Waals surface area contributed by atoms with Gasteiger partial charge in [-0.1, -0.05) is 0 Å². The molecule has 0 aliphatic heterocycles. The third-order valence-electron chi connectivity index (χ3n) is 2.12. The van der Waals surface area contributed by atoms with Gasteiger partial charge in [0.25, 0.3) is 0 Å². The lowest BCUT2D eigenvalue weighted by Gasteiger charge is -2.17. The summed E-state index contributed by atoms with van der Waals surface area (Å²) in [5, 5.41) is 2.67. The van der Waals surface area contributed by atoms with E-state index in [2.05, 4.69) is 10.3 Å². The Hall–Kier alpha value is -1.66. The van der Waals surface area contributed by atoms with Crippen LogP contribution in [0.2, 0.25) is 0 Å². The molecule has 0 fully saturated rings. The summed E-state index contributed by atoms with van der Waals surface area (Å²) in [6.45, 7) is 4.21. The number of rotatable bonds is 6. The fraction of sp³-hybridized carbons (Fsp3) is 0.500. The van der Waals surface area contributed by atoms with E-state index in [4.69, 9.17) is 15.2 Å². The summed E-state index contributed by atoms with van der Waals surface area (Å²) in [5.41, 5.74) is 5.32. The second kappa shape index (κ2) is 6.32. The Labute approximate surface area is 106 Å². The maximum Gasteiger partial charge on any atom is 0.243 e. The van der Waals surface area contributed by atoms with E-state index in [1.54, 1.807) is 33.1 Å². The van der Waals surface area contributed by atoms with Gasteiger partial charge in [0.1, 0.15) is 6.61 Å². The highest BCUT2D eigenvalue weighted by molar-refractivity contribution is 5.97. The van der Waals surface area contributed by atoms with Gasteiger partial charge in [-0.2, -0.15) is 0 Å². The summed E-state index contributed by atoms with van der Waals surface area (Å²) in [4.78, 5) is 15.7. The van der Waals surface area contributed by atoms with Crippen molar-refractivity contribution in [2.75, 3.05) is 25.6 Å². The number of amides is 1. The van der Waals surface area contributed by atoms with Crippen LogP contribution >= 0.6 is 0 Å². The van der Waals surface area contributed by atoms with Crippen molar-refractivity contribution in [2.24, 2.45) is 5.73 Å². The Balaban J connectivity index is 2.53. The van der Waals surface area contributed by atoms with E-state index in [1.807, 2.05) is 0 Å². The smallest absolute Gasteiger partial charge is 0.243 e. The Kier molecular flexibility index (Phi) is 5.06. The third kappa shape index (κ3) is 4.68. The highest BCUT2D eigenvalue weighted by atomic mass is 16.5. The Bertz CT molecular complexity index is 385. The molecule has 6 heteroatoms. The normalized spacial score (nSPS) is 11.1. The molecule has 1 heterocycles. The van der Waals surface area contributed by atoms with Gasteiger partial charge in [-0.25, -0.2) is 4.98 Å². The van der Waals surface area contributed by atoms with Crippen molar-refractivity contribution in [2.45, 2.75) is 19.4 Å². The van der Waals surface area contributed by atoms with E-state index in [1.165, 1.54) is 6.20 Å². The van der Waals surface area contributed by atoms with Crippen LogP contribution in [0.25, 0.3) is 0 Å². The van der Waals surface area contributed by atoms with Crippen LogP contribution in [0.3, 0.4) is 0 Å². The molecule has 0 bridgehead atoms. The fourth-order valence-corrected chi connectivity index (χ4v) is 1.06. The van der Waals surface area contributed by atoms with Crippen LogP contribution < -0.4 is 15.8 Å². The second-order valence-electron chi connectivity index (χ2n) is 4.40. The first-order chi connectivity index (χ1) is 8.43. The highest BCUT2D eigenvalue weighted by Gasteiger charge is 2.21. The molecule has 0 aliphatic rings. The summed E-state index contributed by atoms with van der Waals surface area (Å²) in [7, 11) is 1.60. The molecule has 3 N–H and O–H groups in total. The number of methoxy groups -OCH3 is 1. The summed E-state index contributed by atoms with van der Waals surface area (Å²) in [6.07, 6.45) is 1.52. The molecule has 0 saturated carbocycles. The number of hydrogen-bond acceptors (Lipinski definition) is 5. The molecule has 1 aromatic rings. The fourth-order valence-electron chi connectivity index (χ4n) is 1.06. The number of ether oxygens (including phenoxy) is 2. The van der Waals surface area contributed by atoms with E-state index in [9.17, 15) is 4.79 Å². The zero-order valence-electron chi connectivity index (χ0n) is 10.9. The van der Waals surface area contributed by atoms with Crippen LogP contribution in [0.1, 0.15) is 13.8 Å². The van der Waals surface area contributed by atoms with Crippen molar-refractivity contribution in [3.05, 3.63) is 18.3 Å². The molecule has 1 amide bonds. The molecule has 18 heavy (non-hydrogen) atoms. The van der Waals surface area contributed by atoms with Gasteiger partial charge < -0.3 is 20.5 Å². The van der Waals surface area contributed by atoms with Crippen LogP contribution in [-0.4, -0.2) is 36.8 Å². The van der Waals surface area contributed by atoms with Crippen LogP contribution in [-0.2, 0) is 9.53 Å². The minimum absolute atomic E-state index is 0.266. The molecule has 0 aromatic carbocycles. The van der Waals surface area contributed by atoms with Crippen LogP contribution in [0, 0.1) is 0 Å². The van der Waals surface area contributed by atoms with Crippen molar-refractivity contribution in [3.63, 3.8) is 0 Å². The lowest BCUT2D eigenvalue weighted by molar-refractivity contribution is -0.120. The number of carbonyl (C=O) groups is 1. The molecule has 0 spiro atoms. The summed E-state index contributed by atoms with van der Waals surface area (Å²) >= 11 is 0. The maximum absolute atomic E-state index is 11.6. The quantitative estimate of drug-likeness (QED) is 0.732. The molecule has 0 atom stereocenters. The first kappa shape index (κ1) is 14.4. The number of pyridine rings is 1. The number of nitrogens with two attached hydrogens (primary N) is 1. The zero-order chi connectivity index (χ0) is 13.6. The number of hydrogen-bond donors (Lipinski definition) is 2. The number of aromatic nitrogens is 1. The standard InChI is InChI=1S/C12H19N3O3/c1-12(2,13)11(16)15-9-4-5-10(14-8-9)18-7-6-17-3/h4-5,8H,6-7,13H2,1-3H3,(H,15,16). The van der Waals surface area contributed by atoms with E-state index >= 15 is 0 Å². The first-order valence-electron chi connectivity index (χ1n) is 5.61. The lowest BCUT2D eigenvalue weighted by Crippen LogP contribution is -2.45. The van der Waals surface area contributed by atoms with Crippen LogP contribution in [0.15, 0.2) is 18.3 Å². The van der Waals surface area contributed by atoms with Crippen molar-refractivity contribution in [3.8, 4) is 5.88 Å². The van der Waals surface area contributed by atoms with E-state index in [0.717, 1.165) is 0 Å². The summed E-state index contributed by atoms with van der Waals surface area (Å²) in [5.74, 6) is 0.217. The van der Waals surface area contributed by atoms with Gasteiger partial charge in [0.05, 0.1) is 24.0 Å². The van der Waals surface area contributed by atoms with Crippen molar-refractivity contribution >= 4 is 11.6 Å². The van der Waals surface area contributed by atoms with Gasteiger partial charge in [-0.05, 0) is 19.9 Å². The Morgan fingerprint density at radius 2 is 2.17 bits per heavy atom. The van der Waals surface area contributed by atoms with E-state index in [-0.39, 0.29) is 5.91 Å². The number of carbonyl (C=O) groups excluding carboxylic acids is 1. The molecule has 100 valence electrons. The van der Waals surface area contributed by atoms with Gasteiger partial charge in [0.15, 0.2) is 0 Å². The molecule has 1 rings (SSSR count). The minimum atomic E-state index is -0.923. The van der Waals surface area contributed by atoms with Gasteiger partial charge >= 0.3 is 0 Å². The summed E-state index contributed by atoms with van der Waals surface area (Å²) < 4.78 is 10.2. The Morgan fingerprint density at radius 1 is 1.44 bits per heavy atom. The molecular formula is C12H19N3O3. The SMILES string of the molecule is COCCOc1ccc(NC(=O)C(C)(C)N)cn1. The minimum Gasteiger partial charge on any atom is -0.475 e. The van der Waals surface area contributed by atoms with Crippen molar-refractivity contribution < 1.29 is 14.3 Å². The third-order valence-corrected chi connectivity index (χ3v) is 2.12. The number of nitrogens with zero attached hydrogens (tertiary/aromatic N) is 1. The predicted molar refractivity (Wildman–Crippen MR) is 68.5 cm³/mol. The number of anilines is 1. The zero-order valence-corrected chi connectivity index (χ0v) is 10.9. The van der Waals surface area contributed by atoms with E-state index in [0.29, 0.717) is 24.8 Å². The lowest BCUT2D eigenvalue weighted by atomic mass is 10.1. The first-order valence-corrected chi connectivity index (χ1v) is 5.61. The van der Waals surface area contributed by atoms with Crippen molar-refractivity contribution in [1.29, 1.82) is 0 Å². The molecule has 0 unspecified atom stereocenters. The Morgan fingerprint density at radius 3 is 2.67 bits per heavy atom. The molecular weight excluding hydrogens is 234 g/mol. The molecule has 1 aromatic heterocycles. The maximum atomic E-state index is 11.6. The highest BCUT2D eigenvalue weighted by Crippen LogP contribution is 2.12. The van der Waals surface area contributed by atoms with Gasteiger partial charge in [-0.3, -0.25) is 4.79 Å². The largest absolute Gasteiger partial charge is 0.475 e. The average molecular weight is 253 g/mol. The van der Waals surface area contributed by atoms with Crippen LogP contribution in [0.4, 0.5) is 5.69 Å². The molecule has 0 radical (unpaired) electrons. The summed E-state index contributed by atoms with van der Waals surface area (Å²) in [6, 6.07) is 3.38. The topological polar surface area (TPSA) is 86.5 Å². The second-order valence-corrected chi connectivity index (χ2v) is 4.40. The predicted octanol–water partition coefficient (Wildman–Crippen LogP) is 0.783. The number of nitrogens with one attached hydrogen (secondary N) is 1.